The van der Waals surface area contributed by atoms with Gasteiger partial charge in [-0.15, -0.1) is 0 Å². The summed E-state index contributed by atoms with van der Waals surface area (Å²) >= 11 is 0. The van der Waals surface area contributed by atoms with E-state index in [1.165, 1.54) is 12.8 Å². The molecule has 1 aromatic heterocycles. The molecule has 0 radical (unpaired) electrons. The molecule has 0 bridgehead atoms. The zero-order chi connectivity index (χ0) is 14.7. The normalized spacial score (nSPS) is 21.0. The lowest BCUT2D eigenvalue weighted by Crippen LogP contribution is -2.42. The van der Waals surface area contributed by atoms with Crippen LogP contribution in [0.15, 0.2) is 18.3 Å². The molecule has 3 heterocycles. The van der Waals surface area contributed by atoms with Crippen molar-refractivity contribution in [1.82, 2.24) is 20.9 Å². The van der Waals surface area contributed by atoms with Gasteiger partial charge in [0.2, 0.25) is 5.91 Å². The third kappa shape index (κ3) is 3.24. The molecule has 1 atom stereocenters. The smallest absolute Gasteiger partial charge is 0.315 e. The molecule has 0 aliphatic carbocycles. The van der Waals surface area contributed by atoms with Crippen LogP contribution in [0.1, 0.15) is 18.4 Å². The number of anilines is 1. The molecule has 1 aromatic rings. The number of urea groups is 1. The second-order valence-electron chi connectivity index (χ2n) is 5.34. The van der Waals surface area contributed by atoms with Crippen LogP contribution in [0.5, 0.6) is 0 Å². The van der Waals surface area contributed by atoms with E-state index in [0.29, 0.717) is 13.1 Å². The van der Waals surface area contributed by atoms with Gasteiger partial charge in [0.05, 0.1) is 0 Å². The molecule has 0 aromatic carbocycles. The van der Waals surface area contributed by atoms with Gasteiger partial charge in [-0.2, -0.15) is 0 Å². The average molecular weight is 289 g/mol. The highest BCUT2D eigenvalue weighted by Crippen LogP contribution is 2.17. The Kier molecular flexibility index (Phi) is 3.89. The first-order valence-electron chi connectivity index (χ1n) is 7.24. The van der Waals surface area contributed by atoms with Crippen LogP contribution >= 0.6 is 0 Å². The zero-order valence-electron chi connectivity index (χ0n) is 11.8. The Morgan fingerprint density at radius 2 is 2.19 bits per heavy atom. The van der Waals surface area contributed by atoms with E-state index in [4.69, 9.17) is 0 Å². The Bertz CT molecular complexity index is 525. The van der Waals surface area contributed by atoms with Crippen molar-refractivity contribution in [2.75, 3.05) is 24.5 Å². The third-order valence-electron chi connectivity index (χ3n) is 3.79. The molecule has 112 valence electrons. The van der Waals surface area contributed by atoms with Crippen LogP contribution < -0.4 is 20.9 Å². The Balaban J connectivity index is 1.51. The van der Waals surface area contributed by atoms with Gasteiger partial charge >= 0.3 is 6.03 Å². The SMILES string of the molecule is O=C1NC[C@@H](C(=O)NCc2ccc(N3CCCC3)nc2)N1. The van der Waals surface area contributed by atoms with Crippen LogP contribution in [-0.2, 0) is 11.3 Å². The molecule has 3 N–H and O–H groups in total. The molecule has 2 aliphatic heterocycles. The van der Waals surface area contributed by atoms with Crippen LogP contribution in [0.3, 0.4) is 0 Å². The second-order valence-corrected chi connectivity index (χ2v) is 5.34. The van der Waals surface area contributed by atoms with Crippen molar-refractivity contribution >= 4 is 17.8 Å². The fourth-order valence-corrected chi connectivity index (χ4v) is 2.58. The number of hydrogen-bond acceptors (Lipinski definition) is 4. The number of carbonyl (C=O) groups is 2. The molecule has 0 spiro atoms. The van der Waals surface area contributed by atoms with Crippen LogP contribution in [-0.4, -0.2) is 42.6 Å². The molecule has 7 heteroatoms. The molecule has 2 fully saturated rings. The van der Waals surface area contributed by atoms with E-state index in [0.717, 1.165) is 24.5 Å². The summed E-state index contributed by atoms with van der Waals surface area (Å²) in [5.41, 5.74) is 0.948. The monoisotopic (exact) mass is 289 g/mol. The topological polar surface area (TPSA) is 86.4 Å². The molecule has 0 saturated carbocycles. The first-order valence-corrected chi connectivity index (χ1v) is 7.24. The Morgan fingerprint density at radius 1 is 1.38 bits per heavy atom. The number of carbonyl (C=O) groups excluding carboxylic acids is 2. The van der Waals surface area contributed by atoms with Gasteiger partial charge in [0.1, 0.15) is 11.9 Å². The predicted molar refractivity (Wildman–Crippen MR) is 77.9 cm³/mol. The minimum absolute atomic E-state index is 0.183. The van der Waals surface area contributed by atoms with Crippen LogP contribution in [0, 0.1) is 0 Å². The first kappa shape index (κ1) is 13.7. The maximum Gasteiger partial charge on any atom is 0.315 e. The van der Waals surface area contributed by atoms with Crippen molar-refractivity contribution < 1.29 is 9.59 Å². The predicted octanol–water partition coefficient (Wildman–Crippen LogP) is -0.0206. The van der Waals surface area contributed by atoms with Crippen molar-refractivity contribution in [2.24, 2.45) is 0 Å². The Morgan fingerprint density at radius 3 is 2.81 bits per heavy atom. The van der Waals surface area contributed by atoms with Gasteiger partial charge in [-0.05, 0) is 24.5 Å². The number of rotatable bonds is 4. The van der Waals surface area contributed by atoms with Gasteiger partial charge in [0.25, 0.3) is 0 Å². The molecular formula is C14H19N5O2. The van der Waals surface area contributed by atoms with E-state index in [9.17, 15) is 9.59 Å². The minimum Gasteiger partial charge on any atom is -0.357 e. The van der Waals surface area contributed by atoms with Gasteiger partial charge in [0.15, 0.2) is 0 Å². The van der Waals surface area contributed by atoms with Crippen molar-refractivity contribution in [3.8, 4) is 0 Å². The molecule has 0 unspecified atom stereocenters. The zero-order valence-corrected chi connectivity index (χ0v) is 11.8. The van der Waals surface area contributed by atoms with Gasteiger partial charge in [-0.25, -0.2) is 9.78 Å². The van der Waals surface area contributed by atoms with Crippen molar-refractivity contribution in [3.63, 3.8) is 0 Å². The maximum absolute atomic E-state index is 11.8. The average Bonchev–Trinajstić information content (AvgIpc) is 3.16. The fourth-order valence-electron chi connectivity index (χ4n) is 2.58. The number of aromatic nitrogens is 1. The van der Waals surface area contributed by atoms with Crippen LogP contribution in [0.25, 0.3) is 0 Å². The molecule has 21 heavy (non-hydrogen) atoms. The third-order valence-corrected chi connectivity index (χ3v) is 3.79. The Labute approximate surface area is 123 Å². The van der Waals surface area contributed by atoms with Crippen LogP contribution in [0.4, 0.5) is 10.6 Å². The van der Waals surface area contributed by atoms with Crippen molar-refractivity contribution in [2.45, 2.75) is 25.4 Å². The molecular weight excluding hydrogens is 270 g/mol. The number of nitrogens with zero attached hydrogens (tertiary/aromatic N) is 2. The number of nitrogens with one attached hydrogen (secondary N) is 3. The van der Waals surface area contributed by atoms with Gasteiger partial charge in [0, 0.05) is 32.4 Å². The van der Waals surface area contributed by atoms with Gasteiger partial charge in [-0.3, -0.25) is 4.79 Å². The van der Waals surface area contributed by atoms with E-state index in [1.54, 1.807) is 6.20 Å². The van der Waals surface area contributed by atoms with E-state index in [1.807, 2.05) is 12.1 Å². The Hall–Kier alpha value is -2.31. The summed E-state index contributed by atoms with van der Waals surface area (Å²) in [5, 5.41) is 7.91. The summed E-state index contributed by atoms with van der Waals surface area (Å²) < 4.78 is 0. The highest BCUT2D eigenvalue weighted by Gasteiger charge is 2.26. The van der Waals surface area contributed by atoms with E-state index >= 15 is 0 Å². The van der Waals surface area contributed by atoms with Gasteiger partial charge in [-0.1, -0.05) is 6.07 Å². The molecule has 3 amide bonds. The highest BCUT2D eigenvalue weighted by atomic mass is 16.2. The largest absolute Gasteiger partial charge is 0.357 e. The number of pyridine rings is 1. The summed E-state index contributed by atoms with van der Waals surface area (Å²) in [5.74, 6) is 0.812. The summed E-state index contributed by atoms with van der Waals surface area (Å²) in [6.07, 6.45) is 4.24. The lowest BCUT2D eigenvalue weighted by molar-refractivity contribution is -0.122. The molecule has 3 rings (SSSR count). The maximum atomic E-state index is 11.8. The second kappa shape index (κ2) is 5.99. The summed E-state index contributed by atoms with van der Waals surface area (Å²) in [4.78, 5) is 29.5. The molecule has 2 aliphatic rings. The van der Waals surface area contributed by atoms with E-state index < -0.39 is 6.04 Å². The molecule has 7 nitrogen and oxygen atoms in total. The standard InChI is InChI=1S/C14H19N5O2/c20-13(11-9-17-14(21)18-11)16-8-10-3-4-12(15-7-10)19-5-1-2-6-19/h3-4,7,11H,1-2,5-6,8-9H2,(H,16,20)(H2,17,18,21)/t11-/m0/s1. The number of hydrogen-bond donors (Lipinski definition) is 3. The van der Waals surface area contributed by atoms with Crippen molar-refractivity contribution in [3.05, 3.63) is 23.9 Å². The van der Waals surface area contributed by atoms with E-state index in [-0.39, 0.29) is 11.9 Å². The minimum atomic E-state index is -0.491. The van der Waals surface area contributed by atoms with Gasteiger partial charge < -0.3 is 20.9 Å². The van der Waals surface area contributed by atoms with E-state index in [2.05, 4.69) is 25.8 Å². The number of amides is 3. The van der Waals surface area contributed by atoms with Crippen LogP contribution in [0.2, 0.25) is 0 Å². The highest BCUT2D eigenvalue weighted by molar-refractivity contribution is 5.90. The molecule has 2 saturated heterocycles. The first-order chi connectivity index (χ1) is 10.2. The summed E-state index contributed by atoms with van der Waals surface area (Å²) in [7, 11) is 0. The quantitative estimate of drug-likeness (QED) is 0.727. The summed E-state index contributed by atoms with van der Waals surface area (Å²) in [6, 6.07) is 3.18. The van der Waals surface area contributed by atoms with Crippen molar-refractivity contribution in [1.29, 1.82) is 0 Å². The fraction of sp³-hybridized carbons (Fsp3) is 0.500. The lowest BCUT2D eigenvalue weighted by atomic mass is 10.2. The summed E-state index contributed by atoms with van der Waals surface area (Å²) in [6.45, 7) is 2.88. The lowest BCUT2D eigenvalue weighted by Gasteiger charge is -2.16.